The van der Waals surface area contributed by atoms with Crippen molar-refractivity contribution in [1.82, 2.24) is 0 Å². The van der Waals surface area contributed by atoms with Crippen LogP contribution in [0.1, 0.15) is 22.7 Å². The minimum absolute atomic E-state index is 0.0884. The first-order valence-electron chi connectivity index (χ1n) is 10.1. The molecule has 3 rings (SSSR count). The zero-order valence-electron chi connectivity index (χ0n) is 18.3. The van der Waals surface area contributed by atoms with E-state index in [0.29, 0.717) is 23.8 Å². The SMILES string of the molecule is COc1cc(OC)c(OC)cc1C[NH2+][C@H](C(=O)Nc1ccc(C)cc1)c1ccccc1. The van der Waals surface area contributed by atoms with Crippen LogP contribution in [0.4, 0.5) is 5.69 Å². The topological polar surface area (TPSA) is 73.4 Å². The highest BCUT2D eigenvalue weighted by atomic mass is 16.5. The standard InChI is InChI=1S/C25H28N2O4/c1-17-10-12-20(13-11-17)27-25(28)24(18-8-6-5-7-9-18)26-16-19-14-22(30-3)23(31-4)15-21(19)29-2/h5-15,24,26H,16H2,1-4H3,(H,27,28)/p+1/t24-/m0/s1. The maximum absolute atomic E-state index is 13.2. The Morgan fingerprint density at radius 2 is 1.48 bits per heavy atom. The zero-order chi connectivity index (χ0) is 22.2. The Morgan fingerprint density at radius 1 is 0.871 bits per heavy atom. The van der Waals surface area contributed by atoms with E-state index in [1.54, 1.807) is 27.4 Å². The molecule has 0 aliphatic rings. The first kappa shape index (κ1) is 22.2. The second kappa shape index (κ2) is 10.5. The van der Waals surface area contributed by atoms with Crippen LogP contribution in [0.25, 0.3) is 0 Å². The number of hydrogen-bond donors (Lipinski definition) is 2. The van der Waals surface area contributed by atoms with Crippen molar-refractivity contribution in [2.24, 2.45) is 0 Å². The van der Waals surface area contributed by atoms with Gasteiger partial charge in [-0.05, 0) is 25.1 Å². The summed E-state index contributed by atoms with van der Waals surface area (Å²) in [5, 5.41) is 5.02. The molecule has 0 fully saturated rings. The molecule has 0 heterocycles. The van der Waals surface area contributed by atoms with E-state index in [9.17, 15) is 4.79 Å². The van der Waals surface area contributed by atoms with Gasteiger partial charge in [0.2, 0.25) is 0 Å². The third kappa shape index (κ3) is 5.55. The number of benzene rings is 3. The number of carbonyl (C=O) groups excluding carboxylic acids is 1. The average molecular weight is 422 g/mol. The number of quaternary nitrogens is 1. The molecular weight excluding hydrogens is 392 g/mol. The van der Waals surface area contributed by atoms with Crippen molar-refractivity contribution in [1.29, 1.82) is 0 Å². The number of nitrogens with one attached hydrogen (secondary N) is 1. The molecular formula is C25H29N2O4+. The van der Waals surface area contributed by atoms with Gasteiger partial charge in [-0.1, -0.05) is 48.0 Å². The number of nitrogens with two attached hydrogens (primary N) is 1. The number of hydrogen-bond acceptors (Lipinski definition) is 4. The Balaban J connectivity index is 1.84. The molecule has 0 saturated carbocycles. The second-order valence-corrected chi connectivity index (χ2v) is 7.20. The van der Waals surface area contributed by atoms with Gasteiger partial charge in [-0.15, -0.1) is 0 Å². The van der Waals surface area contributed by atoms with Gasteiger partial charge in [-0.2, -0.15) is 0 Å². The molecule has 3 N–H and O–H groups in total. The van der Waals surface area contributed by atoms with E-state index in [0.717, 1.165) is 22.4 Å². The van der Waals surface area contributed by atoms with Crippen molar-refractivity contribution >= 4 is 11.6 Å². The number of aryl methyl sites for hydroxylation is 1. The Morgan fingerprint density at radius 3 is 2.10 bits per heavy atom. The molecule has 6 heteroatoms. The van der Waals surface area contributed by atoms with Gasteiger partial charge in [0.25, 0.3) is 5.91 Å². The van der Waals surface area contributed by atoms with Gasteiger partial charge in [-0.25, -0.2) is 0 Å². The van der Waals surface area contributed by atoms with Crippen LogP contribution in [0.15, 0.2) is 66.7 Å². The molecule has 0 aliphatic carbocycles. The van der Waals surface area contributed by atoms with Crippen LogP contribution < -0.4 is 24.8 Å². The Kier molecular flexibility index (Phi) is 7.51. The molecule has 0 aliphatic heterocycles. The lowest BCUT2D eigenvalue weighted by molar-refractivity contribution is -0.697. The fourth-order valence-electron chi connectivity index (χ4n) is 3.41. The van der Waals surface area contributed by atoms with Crippen LogP contribution in [0.2, 0.25) is 0 Å². The van der Waals surface area contributed by atoms with E-state index in [1.165, 1.54) is 0 Å². The minimum Gasteiger partial charge on any atom is -0.496 e. The molecule has 3 aromatic rings. The van der Waals surface area contributed by atoms with Gasteiger partial charge in [0.1, 0.15) is 12.3 Å². The number of methoxy groups -OCH3 is 3. The molecule has 0 spiro atoms. The summed E-state index contributed by atoms with van der Waals surface area (Å²) in [5.41, 5.74) is 3.74. The van der Waals surface area contributed by atoms with Gasteiger partial charge in [0.05, 0.1) is 26.9 Å². The van der Waals surface area contributed by atoms with E-state index < -0.39 is 6.04 Å². The first-order chi connectivity index (χ1) is 15.0. The normalized spacial score (nSPS) is 11.5. The van der Waals surface area contributed by atoms with Crippen molar-refractivity contribution in [2.45, 2.75) is 19.5 Å². The molecule has 1 amide bonds. The maximum Gasteiger partial charge on any atom is 0.287 e. The van der Waals surface area contributed by atoms with Gasteiger partial charge in [-0.3, -0.25) is 4.79 Å². The molecule has 1 atom stereocenters. The van der Waals surface area contributed by atoms with Crippen molar-refractivity contribution in [3.05, 3.63) is 83.4 Å². The molecule has 0 bridgehead atoms. The summed E-state index contributed by atoms with van der Waals surface area (Å²) in [5.74, 6) is 1.81. The monoisotopic (exact) mass is 421 g/mol. The summed E-state index contributed by atoms with van der Waals surface area (Å²) >= 11 is 0. The molecule has 162 valence electrons. The van der Waals surface area contributed by atoms with Crippen molar-refractivity contribution in [3.63, 3.8) is 0 Å². The van der Waals surface area contributed by atoms with Crippen molar-refractivity contribution in [3.8, 4) is 17.2 Å². The Bertz CT molecular complexity index is 1000. The highest BCUT2D eigenvalue weighted by Crippen LogP contribution is 2.34. The van der Waals surface area contributed by atoms with E-state index in [1.807, 2.05) is 72.9 Å². The third-order valence-corrected chi connectivity index (χ3v) is 5.12. The summed E-state index contributed by atoms with van der Waals surface area (Å²) in [6.45, 7) is 2.53. The van der Waals surface area contributed by atoms with Gasteiger partial charge < -0.3 is 24.8 Å². The highest BCUT2D eigenvalue weighted by Gasteiger charge is 2.25. The number of ether oxygens (including phenoxy) is 3. The fraction of sp³-hybridized carbons (Fsp3) is 0.240. The molecule has 3 aromatic carbocycles. The molecule has 6 nitrogen and oxygen atoms in total. The van der Waals surface area contributed by atoms with Crippen molar-refractivity contribution in [2.75, 3.05) is 26.6 Å². The predicted octanol–water partition coefficient (Wildman–Crippen LogP) is 3.46. The van der Waals surface area contributed by atoms with Crippen LogP contribution in [0.5, 0.6) is 17.2 Å². The molecule has 0 saturated heterocycles. The van der Waals surface area contributed by atoms with Gasteiger partial charge >= 0.3 is 0 Å². The quantitative estimate of drug-likeness (QED) is 0.555. The average Bonchev–Trinajstić information content (AvgIpc) is 2.80. The van der Waals surface area contributed by atoms with E-state index in [4.69, 9.17) is 14.2 Å². The van der Waals surface area contributed by atoms with Crippen molar-refractivity contribution < 1.29 is 24.3 Å². The lowest BCUT2D eigenvalue weighted by atomic mass is 10.0. The molecule has 31 heavy (non-hydrogen) atoms. The van der Waals surface area contributed by atoms with E-state index >= 15 is 0 Å². The maximum atomic E-state index is 13.2. The van der Waals surface area contributed by atoms with Gasteiger partial charge in [0.15, 0.2) is 17.5 Å². The van der Waals surface area contributed by atoms with Crippen LogP contribution in [0.3, 0.4) is 0 Å². The van der Waals surface area contributed by atoms with Gasteiger partial charge in [0, 0.05) is 17.3 Å². The summed E-state index contributed by atoms with van der Waals surface area (Å²) in [4.78, 5) is 13.2. The lowest BCUT2D eigenvalue weighted by Crippen LogP contribution is -2.85. The molecule has 0 radical (unpaired) electrons. The first-order valence-corrected chi connectivity index (χ1v) is 10.1. The summed E-state index contributed by atoms with van der Waals surface area (Å²) < 4.78 is 16.3. The summed E-state index contributed by atoms with van der Waals surface area (Å²) in [6.07, 6.45) is 0. The van der Waals surface area contributed by atoms with Crippen LogP contribution in [-0.2, 0) is 11.3 Å². The number of rotatable bonds is 9. The predicted molar refractivity (Wildman–Crippen MR) is 121 cm³/mol. The van der Waals surface area contributed by atoms with E-state index in [2.05, 4.69) is 5.32 Å². The molecule has 0 aromatic heterocycles. The highest BCUT2D eigenvalue weighted by molar-refractivity contribution is 5.94. The summed E-state index contributed by atoms with van der Waals surface area (Å²) in [6, 6.07) is 20.8. The second-order valence-electron chi connectivity index (χ2n) is 7.20. The molecule has 0 unspecified atom stereocenters. The third-order valence-electron chi connectivity index (χ3n) is 5.12. The largest absolute Gasteiger partial charge is 0.496 e. The Labute approximate surface area is 183 Å². The smallest absolute Gasteiger partial charge is 0.287 e. The van der Waals surface area contributed by atoms with Crippen LogP contribution in [0, 0.1) is 6.92 Å². The Hall–Kier alpha value is -3.51. The number of carbonyl (C=O) groups is 1. The van der Waals surface area contributed by atoms with Crippen LogP contribution >= 0.6 is 0 Å². The van der Waals surface area contributed by atoms with E-state index in [-0.39, 0.29) is 5.91 Å². The number of amides is 1. The number of anilines is 1. The fourth-order valence-corrected chi connectivity index (χ4v) is 3.41. The van der Waals surface area contributed by atoms with Crippen LogP contribution in [-0.4, -0.2) is 27.2 Å². The summed E-state index contributed by atoms with van der Waals surface area (Å²) in [7, 11) is 4.80. The zero-order valence-corrected chi connectivity index (χ0v) is 18.3. The lowest BCUT2D eigenvalue weighted by Gasteiger charge is -2.18. The minimum atomic E-state index is -0.430.